The van der Waals surface area contributed by atoms with Gasteiger partial charge in [-0.05, 0) is 36.2 Å². The smallest absolute Gasteiger partial charge is 0.294 e. The Hall–Kier alpha value is -1.09. The second-order valence-electron chi connectivity index (χ2n) is 2.84. The molecule has 0 heterocycles. The minimum atomic E-state index is -4.30. The van der Waals surface area contributed by atoms with Crippen LogP contribution >= 0.6 is 0 Å². The molecule has 1 rings (SSSR count). The largest absolute Gasteiger partial charge is 0.767 e. The number of hydrogen-bond donors (Lipinski definition) is 1. The first-order valence-corrected chi connectivity index (χ1v) is 6.54. The fourth-order valence-corrected chi connectivity index (χ4v) is 1.63. The van der Waals surface area contributed by atoms with Gasteiger partial charge in [-0.3, -0.25) is 8.76 Å². The van der Waals surface area contributed by atoms with Gasteiger partial charge in [0.2, 0.25) is 0 Å². The highest BCUT2D eigenvalue weighted by Crippen LogP contribution is 2.18. The molecule has 0 aliphatic heterocycles. The molecule has 0 aliphatic carbocycles. The van der Waals surface area contributed by atoms with Gasteiger partial charge in [-0.2, -0.15) is 8.42 Å². The van der Waals surface area contributed by atoms with Gasteiger partial charge in [0.05, 0.1) is 15.6 Å². The van der Waals surface area contributed by atoms with Crippen molar-refractivity contribution >= 4 is 31.9 Å². The molecular weight excluding hydrogens is 254 g/mol. The highest BCUT2D eigenvalue weighted by Gasteiger charge is 2.09. The van der Waals surface area contributed by atoms with Crippen LogP contribution in [0.3, 0.4) is 0 Å². The quantitative estimate of drug-likeness (QED) is 0.368. The fraction of sp³-hybridized carbons (Fsp3) is 0.125. The van der Waals surface area contributed by atoms with Crippen molar-refractivity contribution in [3.05, 3.63) is 24.3 Å². The van der Waals surface area contributed by atoms with E-state index in [1.807, 2.05) is 0 Å². The van der Waals surface area contributed by atoms with Crippen LogP contribution in [0.15, 0.2) is 34.2 Å². The van der Waals surface area contributed by atoms with Crippen LogP contribution in [0.1, 0.15) is 6.92 Å². The van der Waals surface area contributed by atoms with Crippen molar-refractivity contribution in [2.45, 2.75) is 11.8 Å². The molecule has 0 fully saturated rings. The third kappa shape index (κ3) is 3.49. The Morgan fingerprint density at radius 3 is 2.62 bits per heavy atom. The van der Waals surface area contributed by atoms with Crippen LogP contribution < -0.4 is 0 Å². The van der Waals surface area contributed by atoms with E-state index in [1.54, 1.807) is 0 Å². The molecule has 1 unspecified atom stereocenters. The van der Waals surface area contributed by atoms with Gasteiger partial charge in [0.25, 0.3) is 10.1 Å². The molecule has 6 nitrogen and oxygen atoms in total. The minimum Gasteiger partial charge on any atom is -0.767 e. The summed E-state index contributed by atoms with van der Waals surface area (Å²) in [5.41, 5.74) is 0.136. The van der Waals surface area contributed by atoms with E-state index in [1.165, 1.54) is 25.1 Å². The van der Waals surface area contributed by atoms with Crippen LogP contribution in [0.2, 0.25) is 0 Å². The predicted molar refractivity (Wildman–Crippen MR) is 57.9 cm³/mol. The van der Waals surface area contributed by atoms with Gasteiger partial charge in [-0.1, -0.05) is 6.07 Å². The van der Waals surface area contributed by atoms with E-state index in [9.17, 15) is 17.2 Å². The van der Waals surface area contributed by atoms with Crippen molar-refractivity contribution in [3.8, 4) is 0 Å². The van der Waals surface area contributed by atoms with Gasteiger partial charge in [0.1, 0.15) is 0 Å². The van der Waals surface area contributed by atoms with Gasteiger partial charge in [0, 0.05) is 0 Å². The summed E-state index contributed by atoms with van der Waals surface area (Å²) in [5.74, 6) is 0. The molecular formula is C8H8NO5S2-. The van der Waals surface area contributed by atoms with E-state index in [2.05, 4.69) is 4.99 Å². The number of aliphatic imine (C=N–C) groups is 1. The van der Waals surface area contributed by atoms with Gasteiger partial charge in [0.15, 0.2) is 0 Å². The Labute approximate surface area is 95.1 Å². The summed E-state index contributed by atoms with van der Waals surface area (Å²) < 4.78 is 51.3. The van der Waals surface area contributed by atoms with Crippen LogP contribution in [0.25, 0.3) is 0 Å². The summed E-state index contributed by atoms with van der Waals surface area (Å²) in [6.45, 7) is 1.27. The van der Waals surface area contributed by atoms with Crippen molar-refractivity contribution in [1.82, 2.24) is 0 Å². The maximum Gasteiger partial charge on any atom is 0.294 e. The average molecular weight is 262 g/mol. The van der Waals surface area contributed by atoms with E-state index in [-0.39, 0.29) is 15.6 Å². The predicted octanol–water partition coefficient (Wildman–Crippen LogP) is 0.862. The van der Waals surface area contributed by atoms with Gasteiger partial charge in [-0.25, -0.2) is 4.99 Å². The van der Waals surface area contributed by atoms with Crippen LogP contribution in [0.4, 0.5) is 5.69 Å². The maximum atomic E-state index is 10.8. The summed E-state index contributed by atoms with van der Waals surface area (Å²) in [5, 5.41) is -0.174. The normalized spacial score (nSPS) is 14.8. The van der Waals surface area contributed by atoms with E-state index < -0.39 is 21.2 Å². The highest BCUT2D eigenvalue weighted by molar-refractivity contribution is 7.95. The molecule has 1 atom stereocenters. The molecule has 0 aliphatic rings. The standard InChI is InChI=1S/C8H9NO5S2/c1-6(15(10)11)9-7-3-2-4-8(5-7)16(12,13)14/h2-5H,1H3,(H,10,11)(H,12,13,14)/p-1. The number of hydrogen-bond acceptors (Lipinski definition) is 5. The summed E-state index contributed by atoms with van der Waals surface area (Å²) >= 11 is -2.45. The molecule has 0 spiro atoms. The van der Waals surface area contributed by atoms with E-state index >= 15 is 0 Å². The monoisotopic (exact) mass is 262 g/mol. The lowest BCUT2D eigenvalue weighted by atomic mass is 10.3. The topological polar surface area (TPSA) is 107 Å². The minimum absolute atomic E-state index is 0.136. The van der Waals surface area contributed by atoms with Gasteiger partial charge in [-0.15, -0.1) is 0 Å². The molecule has 0 amide bonds. The molecule has 1 aromatic rings. The number of rotatable bonds is 2. The van der Waals surface area contributed by atoms with Gasteiger partial charge < -0.3 is 4.55 Å². The van der Waals surface area contributed by atoms with E-state index in [4.69, 9.17) is 4.55 Å². The summed E-state index contributed by atoms with van der Waals surface area (Å²) in [4.78, 5) is 3.33. The molecule has 0 aromatic heterocycles. The first-order valence-electron chi connectivity index (χ1n) is 4.03. The molecule has 88 valence electrons. The summed E-state index contributed by atoms with van der Waals surface area (Å²) in [6.07, 6.45) is 0. The highest BCUT2D eigenvalue weighted by atomic mass is 32.2. The van der Waals surface area contributed by atoms with Crippen molar-refractivity contribution in [1.29, 1.82) is 0 Å². The van der Waals surface area contributed by atoms with Gasteiger partial charge >= 0.3 is 0 Å². The molecule has 1 aromatic carbocycles. The Balaban J connectivity index is 3.20. The second kappa shape index (κ2) is 4.83. The van der Waals surface area contributed by atoms with E-state index in [0.29, 0.717) is 0 Å². The third-order valence-electron chi connectivity index (χ3n) is 1.64. The lowest BCUT2D eigenvalue weighted by Crippen LogP contribution is -2.00. The zero-order valence-corrected chi connectivity index (χ0v) is 9.79. The zero-order valence-electron chi connectivity index (χ0n) is 8.15. The Kier molecular flexibility index (Phi) is 3.92. The first-order chi connectivity index (χ1) is 7.30. The number of benzene rings is 1. The maximum absolute atomic E-state index is 10.8. The summed E-state index contributed by atoms with van der Waals surface area (Å²) in [7, 11) is -4.30. The second-order valence-corrected chi connectivity index (χ2v) is 5.32. The first kappa shape index (κ1) is 13.0. The Bertz CT molecular complexity index is 549. The Morgan fingerprint density at radius 2 is 2.12 bits per heavy atom. The molecule has 0 saturated heterocycles. The molecule has 0 radical (unpaired) electrons. The molecule has 1 N–H and O–H groups in total. The molecule has 16 heavy (non-hydrogen) atoms. The average Bonchev–Trinajstić information content (AvgIpc) is 2.16. The van der Waals surface area contributed by atoms with Crippen LogP contribution in [-0.2, 0) is 21.2 Å². The SMILES string of the molecule is CC(=Nc1cccc(S(=O)(=O)O)c1)S(=O)[O-]. The third-order valence-corrected chi connectivity index (χ3v) is 3.07. The number of nitrogens with zero attached hydrogens (tertiary/aromatic N) is 1. The summed E-state index contributed by atoms with van der Waals surface area (Å²) in [6, 6.07) is 5.03. The van der Waals surface area contributed by atoms with Crippen LogP contribution in [0, 0.1) is 0 Å². The fourth-order valence-electron chi connectivity index (χ4n) is 0.933. The lowest BCUT2D eigenvalue weighted by molar-refractivity contribution is 0.483. The zero-order chi connectivity index (χ0) is 12.3. The van der Waals surface area contributed by atoms with Crippen molar-refractivity contribution in [3.63, 3.8) is 0 Å². The molecule has 8 heteroatoms. The van der Waals surface area contributed by atoms with Crippen molar-refractivity contribution in [2.24, 2.45) is 4.99 Å². The van der Waals surface area contributed by atoms with Crippen molar-refractivity contribution in [2.75, 3.05) is 0 Å². The molecule has 0 saturated carbocycles. The Morgan fingerprint density at radius 1 is 1.50 bits per heavy atom. The van der Waals surface area contributed by atoms with Crippen LogP contribution in [0.5, 0.6) is 0 Å². The van der Waals surface area contributed by atoms with Crippen molar-refractivity contribution < 1.29 is 21.7 Å². The lowest BCUT2D eigenvalue weighted by Gasteiger charge is -2.04. The van der Waals surface area contributed by atoms with E-state index in [0.717, 1.165) is 6.07 Å². The van der Waals surface area contributed by atoms with Crippen LogP contribution in [-0.4, -0.2) is 26.8 Å². The molecule has 0 bridgehead atoms.